The number of nitrogens with one attached hydrogen (secondary N) is 1. The molecule has 156 valence electrons. The van der Waals surface area contributed by atoms with Crippen molar-refractivity contribution in [1.82, 2.24) is 10.2 Å². The van der Waals surface area contributed by atoms with E-state index in [0.717, 1.165) is 50.0 Å². The summed E-state index contributed by atoms with van der Waals surface area (Å²) in [7, 11) is 1.80. The smallest absolute Gasteiger partial charge is 0.193 e. The highest BCUT2D eigenvalue weighted by Gasteiger charge is 2.23. The van der Waals surface area contributed by atoms with E-state index in [0.29, 0.717) is 25.0 Å². The largest absolute Gasteiger partial charge is 0.491 e. The molecule has 1 saturated heterocycles. The molecule has 2 fully saturated rings. The quantitative estimate of drug-likeness (QED) is 0.564. The Morgan fingerprint density at radius 3 is 2.61 bits per heavy atom. The molecule has 1 heterocycles. The van der Waals surface area contributed by atoms with Gasteiger partial charge in [-0.05, 0) is 56.2 Å². The Balaban J connectivity index is 1.42. The van der Waals surface area contributed by atoms with Gasteiger partial charge in [-0.2, -0.15) is 0 Å². The van der Waals surface area contributed by atoms with Crippen LogP contribution in [0.25, 0.3) is 0 Å². The van der Waals surface area contributed by atoms with Gasteiger partial charge in [0.1, 0.15) is 0 Å². The van der Waals surface area contributed by atoms with Crippen molar-refractivity contribution in [3.63, 3.8) is 0 Å². The minimum Gasteiger partial charge on any atom is -0.491 e. The zero-order valence-electron chi connectivity index (χ0n) is 17.3. The molecule has 0 radical (unpaired) electrons. The van der Waals surface area contributed by atoms with E-state index in [2.05, 4.69) is 15.2 Å². The molecular formula is C22H34FN3O2. The third-order valence-electron chi connectivity index (χ3n) is 5.74. The highest BCUT2D eigenvalue weighted by atomic mass is 19.1. The zero-order chi connectivity index (χ0) is 19.8. The van der Waals surface area contributed by atoms with Crippen LogP contribution >= 0.6 is 0 Å². The number of piperidine rings is 1. The van der Waals surface area contributed by atoms with Gasteiger partial charge in [0, 0.05) is 33.3 Å². The Kier molecular flexibility index (Phi) is 7.95. The first-order valence-corrected chi connectivity index (χ1v) is 10.7. The molecule has 1 N–H and O–H groups in total. The number of nitrogens with zero attached hydrogens (tertiary/aromatic N) is 2. The maximum atomic E-state index is 14.0. The Morgan fingerprint density at radius 1 is 1.21 bits per heavy atom. The Bertz CT molecular complexity index is 639. The molecule has 1 aliphatic carbocycles. The molecule has 5 nitrogen and oxygen atoms in total. The SMILES string of the molecule is CCOc1ccc(CNC(=NC)N2CCC(OCC3CCCC3)CC2)cc1F. The zero-order valence-corrected chi connectivity index (χ0v) is 17.3. The van der Waals surface area contributed by atoms with Crippen LogP contribution in [-0.4, -0.2) is 50.3 Å². The monoisotopic (exact) mass is 391 g/mol. The van der Waals surface area contributed by atoms with Gasteiger partial charge in [-0.25, -0.2) is 4.39 Å². The average molecular weight is 392 g/mol. The van der Waals surface area contributed by atoms with E-state index >= 15 is 0 Å². The lowest BCUT2D eigenvalue weighted by molar-refractivity contribution is 0.00101. The van der Waals surface area contributed by atoms with E-state index in [4.69, 9.17) is 9.47 Å². The van der Waals surface area contributed by atoms with E-state index in [9.17, 15) is 4.39 Å². The van der Waals surface area contributed by atoms with Gasteiger partial charge in [0.05, 0.1) is 12.7 Å². The van der Waals surface area contributed by atoms with Crippen LogP contribution in [0.5, 0.6) is 5.75 Å². The lowest BCUT2D eigenvalue weighted by Gasteiger charge is -2.34. The number of hydrogen-bond donors (Lipinski definition) is 1. The summed E-state index contributed by atoms with van der Waals surface area (Å²) in [6.45, 7) is 5.65. The fourth-order valence-electron chi connectivity index (χ4n) is 4.12. The molecule has 6 heteroatoms. The molecule has 1 saturated carbocycles. The number of benzene rings is 1. The van der Waals surface area contributed by atoms with Gasteiger partial charge in [0.2, 0.25) is 0 Å². The van der Waals surface area contributed by atoms with Gasteiger partial charge in [-0.3, -0.25) is 4.99 Å². The number of rotatable bonds is 7. The van der Waals surface area contributed by atoms with Crippen LogP contribution in [0.2, 0.25) is 0 Å². The molecule has 28 heavy (non-hydrogen) atoms. The van der Waals surface area contributed by atoms with Crippen molar-refractivity contribution < 1.29 is 13.9 Å². The highest BCUT2D eigenvalue weighted by Crippen LogP contribution is 2.26. The highest BCUT2D eigenvalue weighted by molar-refractivity contribution is 5.79. The normalized spacial score (nSPS) is 19.2. The van der Waals surface area contributed by atoms with Crippen molar-refractivity contribution in [2.24, 2.45) is 10.9 Å². The maximum Gasteiger partial charge on any atom is 0.193 e. The lowest BCUT2D eigenvalue weighted by Crippen LogP contribution is -2.46. The van der Waals surface area contributed by atoms with Gasteiger partial charge in [0.25, 0.3) is 0 Å². The fourth-order valence-corrected chi connectivity index (χ4v) is 4.12. The summed E-state index contributed by atoms with van der Waals surface area (Å²) in [5, 5.41) is 3.35. The molecule has 0 atom stereocenters. The molecule has 1 aliphatic heterocycles. The van der Waals surface area contributed by atoms with E-state index < -0.39 is 0 Å². The van der Waals surface area contributed by atoms with Crippen LogP contribution in [0.1, 0.15) is 51.0 Å². The van der Waals surface area contributed by atoms with Crippen molar-refractivity contribution in [1.29, 1.82) is 0 Å². The summed E-state index contributed by atoms with van der Waals surface area (Å²) in [6, 6.07) is 5.09. The van der Waals surface area contributed by atoms with Crippen molar-refractivity contribution >= 4 is 5.96 Å². The Morgan fingerprint density at radius 2 is 1.96 bits per heavy atom. The minimum atomic E-state index is -0.323. The van der Waals surface area contributed by atoms with Gasteiger partial charge in [-0.15, -0.1) is 0 Å². The van der Waals surface area contributed by atoms with E-state index in [1.807, 2.05) is 13.0 Å². The van der Waals surface area contributed by atoms with Crippen molar-refractivity contribution in [2.75, 3.05) is 33.4 Å². The third kappa shape index (κ3) is 5.84. The van der Waals surface area contributed by atoms with E-state index in [1.54, 1.807) is 13.1 Å². The van der Waals surface area contributed by atoms with Crippen molar-refractivity contribution in [3.8, 4) is 5.75 Å². The lowest BCUT2D eigenvalue weighted by atomic mass is 10.1. The predicted octanol–water partition coefficient (Wildman–Crippen LogP) is 3.97. The molecule has 0 amide bonds. The van der Waals surface area contributed by atoms with Crippen LogP contribution < -0.4 is 10.1 Å². The first-order valence-electron chi connectivity index (χ1n) is 10.7. The molecule has 0 unspecified atom stereocenters. The summed E-state index contributed by atoms with van der Waals surface area (Å²) >= 11 is 0. The number of aliphatic imine (C=N–C) groups is 1. The summed E-state index contributed by atoms with van der Waals surface area (Å²) < 4.78 is 25.4. The topological polar surface area (TPSA) is 46.1 Å². The second kappa shape index (κ2) is 10.6. The fraction of sp³-hybridized carbons (Fsp3) is 0.682. The number of likely N-dealkylation sites (tertiary alicyclic amines) is 1. The number of hydrogen-bond acceptors (Lipinski definition) is 3. The number of halogens is 1. The molecule has 3 rings (SSSR count). The molecule has 2 aliphatic rings. The number of guanidine groups is 1. The van der Waals surface area contributed by atoms with E-state index in [-0.39, 0.29) is 5.82 Å². The van der Waals surface area contributed by atoms with Gasteiger partial charge < -0.3 is 19.7 Å². The molecule has 0 bridgehead atoms. The number of ether oxygens (including phenoxy) is 2. The standard InChI is InChI=1S/C22H34FN3O2/c1-3-27-21-9-8-18(14-20(21)23)15-25-22(24-2)26-12-10-19(11-13-26)28-16-17-6-4-5-7-17/h8-9,14,17,19H,3-7,10-13,15-16H2,1-2H3,(H,24,25). The van der Waals surface area contributed by atoms with Crippen LogP contribution in [0, 0.1) is 11.7 Å². The Labute approximate surface area is 168 Å². The second-order valence-electron chi connectivity index (χ2n) is 7.77. The average Bonchev–Trinajstić information content (AvgIpc) is 3.23. The van der Waals surface area contributed by atoms with Gasteiger partial charge in [-0.1, -0.05) is 18.9 Å². The van der Waals surface area contributed by atoms with Crippen LogP contribution in [0.4, 0.5) is 4.39 Å². The minimum absolute atomic E-state index is 0.301. The maximum absolute atomic E-state index is 14.0. The summed E-state index contributed by atoms with van der Waals surface area (Å²) in [5.74, 6) is 1.62. The van der Waals surface area contributed by atoms with Crippen LogP contribution in [0.15, 0.2) is 23.2 Å². The van der Waals surface area contributed by atoms with Gasteiger partial charge in [0.15, 0.2) is 17.5 Å². The summed E-state index contributed by atoms with van der Waals surface area (Å²) in [4.78, 5) is 6.67. The second-order valence-corrected chi connectivity index (χ2v) is 7.77. The summed E-state index contributed by atoms with van der Waals surface area (Å²) in [6.07, 6.45) is 7.84. The first kappa shape index (κ1) is 20.9. The van der Waals surface area contributed by atoms with Gasteiger partial charge >= 0.3 is 0 Å². The first-order chi connectivity index (χ1) is 13.7. The molecule has 0 aromatic heterocycles. The predicted molar refractivity (Wildman–Crippen MR) is 110 cm³/mol. The van der Waals surface area contributed by atoms with Crippen LogP contribution in [-0.2, 0) is 11.3 Å². The van der Waals surface area contributed by atoms with E-state index in [1.165, 1.54) is 31.7 Å². The molecule has 1 aromatic carbocycles. The molecule has 0 spiro atoms. The van der Waals surface area contributed by atoms with Crippen molar-refractivity contribution in [3.05, 3.63) is 29.6 Å². The molecular weight excluding hydrogens is 357 g/mol. The van der Waals surface area contributed by atoms with Crippen molar-refractivity contribution in [2.45, 2.75) is 58.1 Å². The third-order valence-corrected chi connectivity index (χ3v) is 5.74. The molecule has 1 aromatic rings. The summed E-state index contributed by atoms with van der Waals surface area (Å²) in [5.41, 5.74) is 0.872. The van der Waals surface area contributed by atoms with Crippen LogP contribution in [0.3, 0.4) is 0 Å². The Hall–Kier alpha value is -1.82.